The van der Waals surface area contributed by atoms with Crippen LogP contribution >= 0.6 is 0 Å². The van der Waals surface area contributed by atoms with Crippen molar-refractivity contribution in [3.05, 3.63) is 23.8 Å². The van der Waals surface area contributed by atoms with E-state index in [0.717, 1.165) is 11.3 Å². The molecule has 0 aliphatic heterocycles. The monoisotopic (exact) mass is 210 g/mol. The van der Waals surface area contributed by atoms with Crippen molar-refractivity contribution in [3.8, 4) is 0 Å². The fourth-order valence-electron chi connectivity index (χ4n) is 1.28. The van der Waals surface area contributed by atoms with E-state index in [0.29, 0.717) is 5.69 Å². The minimum absolute atomic E-state index is 0.132. The maximum Gasteiger partial charge on any atom is 0.0806 e. The Morgan fingerprint density at radius 3 is 2.40 bits per heavy atom. The standard InChI is InChI=1S/C11H18N2O2/c1-8-5-9(12)3-4-10(8)13-11(2,6-14)7-15/h3-5,13-15H,6-7,12H2,1-2H3. The Morgan fingerprint density at radius 1 is 1.33 bits per heavy atom. The van der Waals surface area contributed by atoms with Gasteiger partial charge < -0.3 is 21.3 Å². The first-order chi connectivity index (χ1) is 7.00. The summed E-state index contributed by atoms with van der Waals surface area (Å²) in [7, 11) is 0. The van der Waals surface area contributed by atoms with E-state index in [2.05, 4.69) is 5.32 Å². The number of aliphatic hydroxyl groups excluding tert-OH is 2. The number of rotatable bonds is 4. The fraction of sp³-hybridized carbons (Fsp3) is 0.455. The lowest BCUT2D eigenvalue weighted by Gasteiger charge is -2.28. The number of hydrogen-bond acceptors (Lipinski definition) is 4. The van der Waals surface area contributed by atoms with Crippen LogP contribution in [0, 0.1) is 6.92 Å². The molecule has 0 aliphatic carbocycles. The SMILES string of the molecule is Cc1cc(N)ccc1NC(C)(CO)CO. The molecule has 1 aromatic carbocycles. The molecule has 0 amide bonds. The molecular formula is C11H18N2O2. The quantitative estimate of drug-likeness (QED) is 0.552. The highest BCUT2D eigenvalue weighted by molar-refractivity contribution is 5.58. The molecule has 0 saturated carbocycles. The van der Waals surface area contributed by atoms with Gasteiger partial charge in [-0.15, -0.1) is 0 Å². The number of benzene rings is 1. The Bertz CT molecular complexity index is 335. The molecule has 0 aromatic heterocycles. The molecule has 0 fully saturated rings. The zero-order chi connectivity index (χ0) is 11.5. The van der Waals surface area contributed by atoms with Crippen molar-refractivity contribution in [2.45, 2.75) is 19.4 Å². The van der Waals surface area contributed by atoms with E-state index in [9.17, 15) is 0 Å². The molecule has 5 N–H and O–H groups in total. The van der Waals surface area contributed by atoms with E-state index >= 15 is 0 Å². The topological polar surface area (TPSA) is 78.5 Å². The van der Waals surface area contributed by atoms with Crippen molar-refractivity contribution in [3.63, 3.8) is 0 Å². The molecule has 4 nitrogen and oxygen atoms in total. The van der Waals surface area contributed by atoms with Crippen molar-refractivity contribution in [2.24, 2.45) is 0 Å². The van der Waals surface area contributed by atoms with E-state index < -0.39 is 5.54 Å². The second-order valence-electron chi connectivity index (χ2n) is 4.08. The molecule has 0 radical (unpaired) electrons. The second-order valence-corrected chi connectivity index (χ2v) is 4.08. The van der Waals surface area contributed by atoms with Crippen LogP contribution in [0.1, 0.15) is 12.5 Å². The molecule has 84 valence electrons. The maximum atomic E-state index is 9.14. The van der Waals surface area contributed by atoms with Gasteiger partial charge >= 0.3 is 0 Å². The largest absolute Gasteiger partial charge is 0.399 e. The number of nitrogen functional groups attached to an aromatic ring is 1. The van der Waals surface area contributed by atoms with Crippen LogP contribution in [0.3, 0.4) is 0 Å². The lowest BCUT2D eigenvalue weighted by Crippen LogP contribution is -2.42. The van der Waals surface area contributed by atoms with E-state index in [1.165, 1.54) is 0 Å². The summed E-state index contributed by atoms with van der Waals surface area (Å²) in [6.07, 6.45) is 0. The van der Waals surface area contributed by atoms with Gasteiger partial charge in [-0.1, -0.05) is 0 Å². The normalized spacial score (nSPS) is 11.5. The number of aryl methyl sites for hydroxylation is 1. The molecule has 0 unspecified atom stereocenters. The Labute approximate surface area is 89.7 Å². The maximum absolute atomic E-state index is 9.14. The molecule has 4 heteroatoms. The second kappa shape index (κ2) is 4.51. The highest BCUT2D eigenvalue weighted by atomic mass is 16.3. The molecule has 0 saturated heterocycles. The smallest absolute Gasteiger partial charge is 0.0806 e. The van der Waals surface area contributed by atoms with Gasteiger partial charge in [0.25, 0.3) is 0 Å². The summed E-state index contributed by atoms with van der Waals surface area (Å²) in [6, 6.07) is 5.47. The van der Waals surface area contributed by atoms with Gasteiger partial charge in [-0.3, -0.25) is 0 Å². The number of anilines is 2. The summed E-state index contributed by atoms with van der Waals surface area (Å²) in [6.45, 7) is 3.41. The van der Waals surface area contributed by atoms with Crippen molar-refractivity contribution in [1.82, 2.24) is 0 Å². The van der Waals surface area contributed by atoms with Crippen LogP contribution < -0.4 is 11.1 Å². The molecule has 1 rings (SSSR count). The van der Waals surface area contributed by atoms with Crippen molar-refractivity contribution in [2.75, 3.05) is 24.3 Å². The summed E-state index contributed by atoms with van der Waals surface area (Å²) in [5, 5.41) is 21.4. The minimum Gasteiger partial charge on any atom is -0.399 e. The van der Waals surface area contributed by atoms with Crippen LogP contribution in [0.2, 0.25) is 0 Å². The third kappa shape index (κ3) is 2.84. The molecule has 1 aromatic rings. The van der Waals surface area contributed by atoms with Crippen LogP contribution in [0.4, 0.5) is 11.4 Å². The van der Waals surface area contributed by atoms with Gasteiger partial charge in [-0.25, -0.2) is 0 Å². The lowest BCUT2D eigenvalue weighted by atomic mass is 10.0. The highest BCUT2D eigenvalue weighted by Gasteiger charge is 2.22. The Kier molecular flexibility index (Phi) is 3.55. The average molecular weight is 210 g/mol. The van der Waals surface area contributed by atoms with Crippen LogP contribution in [-0.4, -0.2) is 29.0 Å². The number of nitrogens with two attached hydrogens (primary N) is 1. The number of aliphatic hydroxyl groups is 2. The number of hydrogen-bond donors (Lipinski definition) is 4. The van der Waals surface area contributed by atoms with Gasteiger partial charge in [0.15, 0.2) is 0 Å². The fourth-order valence-corrected chi connectivity index (χ4v) is 1.28. The Morgan fingerprint density at radius 2 is 1.93 bits per heavy atom. The van der Waals surface area contributed by atoms with Gasteiger partial charge in [0.05, 0.1) is 18.8 Å². The summed E-state index contributed by atoms with van der Waals surface area (Å²) in [4.78, 5) is 0. The Hall–Kier alpha value is -1.26. The van der Waals surface area contributed by atoms with Crippen molar-refractivity contribution < 1.29 is 10.2 Å². The van der Waals surface area contributed by atoms with Crippen molar-refractivity contribution in [1.29, 1.82) is 0 Å². The van der Waals surface area contributed by atoms with Crippen LogP contribution in [0.25, 0.3) is 0 Å². The third-order valence-corrected chi connectivity index (χ3v) is 2.38. The summed E-state index contributed by atoms with van der Waals surface area (Å²) < 4.78 is 0. The van der Waals surface area contributed by atoms with E-state index in [4.69, 9.17) is 15.9 Å². The van der Waals surface area contributed by atoms with Gasteiger partial charge in [0.2, 0.25) is 0 Å². The number of nitrogens with one attached hydrogen (secondary N) is 1. The first-order valence-corrected chi connectivity index (χ1v) is 4.87. The van der Waals surface area contributed by atoms with E-state index in [1.54, 1.807) is 13.0 Å². The van der Waals surface area contributed by atoms with Crippen LogP contribution in [-0.2, 0) is 0 Å². The summed E-state index contributed by atoms with van der Waals surface area (Å²) in [5.74, 6) is 0. The summed E-state index contributed by atoms with van der Waals surface area (Å²) in [5.41, 5.74) is 7.48. The van der Waals surface area contributed by atoms with Crippen LogP contribution in [0.15, 0.2) is 18.2 Å². The molecule has 0 spiro atoms. The highest BCUT2D eigenvalue weighted by Crippen LogP contribution is 2.21. The first-order valence-electron chi connectivity index (χ1n) is 4.87. The van der Waals surface area contributed by atoms with E-state index in [-0.39, 0.29) is 13.2 Å². The minimum atomic E-state index is -0.707. The van der Waals surface area contributed by atoms with Gasteiger partial charge in [0.1, 0.15) is 0 Å². The predicted octanol–water partition coefficient (Wildman–Crippen LogP) is 0.732. The summed E-state index contributed by atoms with van der Waals surface area (Å²) >= 11 is 0. The third-order valence-electron chi connectivity index (χ3n) is 2.38. The zero-order valence-corrected chi connectivity index (χ0v) is 9.12. The zero-order valence-electron chi connectivity index (χ0n) is 9.12. The molecule has 0 bridgehead atoms. The molecule has 15 heavy (non-hydrogen) atoms. The van der Waals surface area contributed by atoms with Gasteiger partial charge in [0, 0.05) is 11.4 Å². The molecular weight excluding hydrogens is 192 g/mol. The molecule has 0 aliphatic rings. The van der Waals surface area contributed by atoms with Gasteiger partial charge in [-0.2, -0.15) is 0 Å². The molecule has 0 heterocycles. The molecule has 0 atom stereocenters. The first kappa shape index (κ1) is 11.8. The Balaban J connectivity index is 2.89. The van der Waals surface area contributed by atoms with Gasteiger partial charge in [-0.05, 0) is 37.6 Å². The van der Waals surface area contributed by atoms with Crippen molar-refractivity contribution >= 4 is 11.4 Å². The van der Waals surface area contributed by atoms with E-state index in [1.807, 2.05) is 19.1 Å². The predicted molar refractivity (Wildman–Crippen MR) is 61.8 cm³/mol. The average Bonchev–Trinajstić information content (AvgIpc) is 2.22. The lowest BCUT2D eigenvalue weighted by molar-refractivity contribution is 0.147. The van der Waals surface area contributed by atoms with Crippen LogP contribution in [0.5, 0.6) is 0 Å².